The van der Waals surface area contributed by atoms with Gasteiger partial charge in [-0.2, -0.15) is 0 Å². The molecule has 0 saturated heterocycles. The maximum Gasteiger partial charge on any atom is 0.249 e. The van der Waals surface area contributed by atoms with Gasteiger partial charge in [-0.25, -0.2) is 9.07 Å². The number of benzene rings is 3. The number of rotatable bonds is 9. The van der Waals surface area contributed by atoms with Crippen molar-refractivity contribution in [2.75, 3.05) is 11.4 Å². The molecular formula is C28H30FN5O2. The molecule has 0 spiro atoms. The molecule has 0 aliphatic heterocycles. The number of hydrogen-bond acceptors (Lipinski definition) is 4. The highest BCUT2D eigenvalue weighted by atomic mass is 19.1. The predicted octanol–water partition coefficient (Wildman–Crippen LogP) is 4.82. The van der Waals surface area contributed by atoms with E-state index in [1.165, 1.54) is 21.7 Å². The van der Waals surface area contributed by atoms with Gasteiger partial charge in [0, 0.05) is 12.2 Å². The number of hydrogen-bond donors (Lipinski definition) is 1. The minimum atomic E-state index is -0.998. The normalized spacial score (nSPS) is 12.0. The lowest BCUT2D eigenvalue weighted by atomic mass is 10.0. The zero-order valence-corrected chi connectivity index (χ0v) is 20.7. The van der Waals surface area contributed by atoms with Crippen molar-refractivity contribution < 1.29 is 14.0 Å². The van der Waals surface area contributed by atoms with Crippen LogP contribution in [0.1, 0.15) is 37.4 Å². The predicted molar refractivity (Wildman–Crippen MR) is 138 cm³/mol. The van der Waals surface area contributed by atoms with Crippen molar-refractivity contribution in [3.8, 4) is 0 Å². The average Bonchev–Trinajstić information content (AvgIpc) is 3.25. The van der Waals surface area contributed by atoms with E-state index in [2.05, 4.69) is 29.5 Å². The number of carbonyl (C=O) groups excluding carboxylic acids is 2. The molecule has 4 rings (SSSR count). The van der Waals surface area contributed by atoms with Crippen molar-refractivity contribution in [2.45, 2.75) is 39.8 Å². The SMILES string of the molecule is Cc1cccc(N(C(=O)Cn2nnc3ccccc32)C(C(=O)NCCC(C)C)c2ccc(F)cc2)c1. The summed E-state index contributed by atoms with van der Waals surface area (Å²) in [5.41, 5.74) is 3.41. The fourth-order valence-corrected chi connectivity index (χ4v) is 4.10. The fourth-order valence-electron chi connectivity index (χ4n) is 4.10. The molecule has 1 aromatic heterocycles. The molecule has 8 heteroatoms. The molecule has 186 valence electrons. The summed E-state index contributed by atoms with van der Waals surface area (Å²) in [6, 6.07) is 19.5. The Morgan fingerprint density at radius 1 is 1.03 bits per heavy atom. The van der Waals surface area contributed by atoms with Crippen molar-refractivity contribution in [3.63, 3.8) is 0 Å². The monoisotopic (exact) mass is 487 g/mol. The minimum absolute atomic E-state index is 0.120. The molecule has 1 atom stereocenters. The Hall–Kier alpha value is -4.07. The van der Waals surface area contributed by atoms with Crippen LogP contribution < -0.4 is 10.2 Å². The Morgan fingerprint density at radius 3 is 2.50 bits per heavy atom. The van der Waals surface area contributed by atoms with Gasteiger partial charge in [0.1, 0.15) is 23.9 Å². The number of amides is 2. The van der Waals surface area contributed by atoms with E-state index in [0.29, 0.717) is 29.2 Å². The van der Waals surface area contributed by atoms with Crippen LogP contribution >= 0.6 is 0 Å². The number of aryl methyl sites for hydroxylation is 1. The van der Waals surface area contributed by atoms with Crippen LogP contribution in [0.15, 0.2) is 72.8 Å². The first-order valence-corrected chi connectivity index (χ1v) is 12.0. The number of halogens is 1. The maximum absolute atomic E-state index is 13.9. The summed E-state index contributed by atoms with van der Waals surface area (Å²) in [6.45, 7) is 6.43. The second-order valence-electron chi connectivity index (χ2n) is 9.27. The van der Waals surface area contributed by atoms with Crippen LogP contribution in [0.5, 0.6) is 0 Å². The van der Waals surface area contributed by atoms with Gasteiger partial charge in [-0.15, -0.1) is 5.10 Å². The molecule has 0 radical (unpaired) electrons. The van der Waals surface area contributed by atoms with Crippen LogP contribution in [0, 0.1) is 18.7 Å². The van der Waals surface area contributed by atoms with Crippen LogP contribution in [0.25, 0.3) is 11.0 Å². The Balaban J connectivity index is 1.76. The lowest BCUT2D eigenvalue weighted by Gasteiger charge is -2.32. The van der Waals surface area contributed by atoms with E-state index in [1.807, 2.05) is 49.4 Å². The second kappa shape index (κ2) is 11.1. The van der Waals surface area contributed by atoms with Crippen LogP contribution in [0.4, 0.5) is 10.1 Å². The number of para-hydroxylation sites is 1. The van der Waals surface area contributed by atoms with E-state index in [9.17, 15) is 14.0 Å². The van der Waals surface area contributed by atoms with Crippen LogP contribution in [-0.4, -0.2) is 33.4 Å². The van der Waals surface area contributed by atoms with Gasteiger partial charge in [0.2, 0.25) is 11.8 Å². The summed E-state index contributed by atoms with van der Waals surface area (Å²) < 4.78 is 15.3. The lowest BCUT2D eigenvalue weighted by Crippen LogP contribution is -2.45. The summed E-state index contributed by atoms with van der Waals surface area (Å²) in [5, 5.41) is 11.3. The highest BCUT2D eigenvalue weighted by Crippen LogP contribution is 2.29. The molecule has 4 aromatic rings. The number of nitrogens with zero attached hydrogens (tertiary/aromatic N) is 4. The standard InChI is InChI=1S/C28H30FN5O2/c1-19(2)15-16-30-28(36)27(21-11-13-22(29)14-12-21)34(23-8-6-7-20(3)17-23)26(35)18-33-25-10-5-4-9-24(25)31-32-33/h4-14,17,19,27H,15-16,18H2,1-3H3,(H,30,36). The Kier molecular flexibility index (Phi) is 7.73. The van der Waals surface area contributed by atoms with Crippen LogP contribution in [0.3, 0.4) is 0 Å². The Bertz CT molecular complexity index is 1350. The van der Waals surface area contributed by atoms with Crippen molar-refractivity contribution >= 4 is 28.5 Å². The van der Waals surface area contributed by atoms with Crippen LogP contribution in [-0.2, 0) is 16.1 Å². The summed E-state index contributed by atoms with van der Waals surface area (Å²) in [4.78, 5) is 29.0. The summed E-state index contributed by atoms with van der Waals surface area (Å²) in [7, 11) is 0. The first-order chi connectivity index (χ1) is 17.3. The topological polar surface area (TPSA) is 80.1 Å². The molecule has 1 N–H and O–H groups in total. The van der Waals surface area contributed by atoms with E-state index in [-0.39, 0.29) is 18.4 Å². The zero-order valence-electron chi connectivity index (χ0n) is 20.7. The van der Waals surface area contributed by atoms with Gasteiger partial charge in [-0.3, -0.25) is 14.5 Å². The fraction of sp³-hybridized carbons (Fsp3) is 0.286. The van der Waals surface area contributed by atoms with Crippen molar-refractivity contribution in [1.29, 1.82) is 0 Å². The first kappa shape index (κ1) is 25.0. The third-order valence-corrected chi connectivity index (χ3v) is 5.97. The lowest BCUT2D eigenvalue weighted by molar-refractivity contribution is -0.127. The Morgan fingerprint density at radius 2 is 1.78 bits per heavy atom. The van der Waals surface area contributed by atoms with Gasteiger partial charge < -0.3 is 5.32 Å². The summed E-state index contributed by atoms with van der Waals surface area (Å²) in [6.07, 6.45) is 0.797. The van der Waals surface area contributed by atoms with E-state index in [4.69, 9.17) is 0 Å². The zero-order chi connectivity index (χ0) is 25.7. The second-order valence-corrected chi connectivity index (χ2v) is 9.27. The molecule has 3 aromatic carbocycles. The highest BCUT2D eigenvalue weighted by Gasteiger charge is 2.33. The van der Waals surface area contributed by atoms with Gasteiger partial charge in [-0.05, 0) is 66.8 Å². The van der Waals surface area contributed by atoms with Crippen molar-refractivity contribution in [2.24, 2.45) is 5.92 Å². The van der Waals surface area contributed by atoms with Gasteiger partial charge >= 0.3 is 0 Å². The number of anilines is 1. The number of carbonyl (C=O) groups is 2. The molecule has 0 saturated carbocycles. The molecule has 36 heavy (non-hydrogen) atoms. The molecule has 1 heterocycles. The van der Waals surface area contributed by atoms with Gasteiger partial charge in [0.15, 0.2) is 0 Å². The molecule has 0 fully saturated rings. The Labute approximate surface area is 209 Å². The quantitative estimate of drug-likeness (QED) is 0.367. The third-order valence-electron chi connectivity index (χ3n) is 5.97. The largest absolute Gasteiger partial charge is 0.354 e. The summed E-state index contributed by atoms with van der Waals surface area (Å²) in [5.74, 6) is -0.685. The molecule has 0 aliphatic carbocycles. The molecule has 7 nitrogen and oxygen atoms in total. The van der Waals surface area contributed by atoms with E-state index in [1.54, 1.807) is 18.2 Å². The molecule has 2 amide bonds. The average molecular weight is 488 g/mol. The number of fused-ring (bicyclic) bond motifs is 1. The molecular weight excluding hydrogens is 457 g/mol. The molecule has 1 unspecified atom stereocenters. The van der Waals surface area contributed by atoms with Crippen molar-refractivity contribution in [3.05, 3.63) is 89.7 Å². The maximum atomic E-state index is 13.9. The minimum Gasteiger partial charge on any atom is -0.354 e. The van der Waals surface area contributed by atoms with Gasteiger partial charge in [0.25, 0.3) is 0 Å². The smallest absolute Gasteiger partial charge is 0.249 e. The van der Waals surface area contributed by atoms with Gasteiger partial charge in [-0.1, -0.05) is 55.5 Å². The number of aromatic nitrogens is 3. The van der Waals surface area contributed by atoms with Crippen molar-refractivity contribution in [1.82, 2.24) is 20.3 Å². The van der Waals surface area contributed by atoms with E-state index in [0.717, 1.165) is 17.5 Å². The van der Waals surface area contributed by atoms with Gasteiger partial charge in [0.05, 0.1) is 5.52 Å². The van der Waals surface area contributed by atoms with E-state index < -0.39 is 11.9 Å². The first-order valence-electron chi connectivity index (χ1n) is 12.0. The highest BCUT2D eigenvalue weighted by molar-refractivity contribution is 6.01. The summed E-state index contributed by atoms with van der Waals surface area (Å²) >= 11 is 0. The third kappa shape index (κ3) is 5.76. The molecule has 0 aliphatic rings. The number of nitrogens with one attached hydrogen (secondary N) is 1. The van der Waals surface area contributed by atoms with Crippen LogP contribution in [0.2, 0.25) is 0 Å². The molecule has 0 bridgehead atoms. The van der Waals surface area contributed by atoms with E-state index >= 15 is 0 Å².